The fraction of sp³-hybridized carbons (Fsp3) is 0.185. The second kappa shape index (κ2) is 10.9. The van der Waals surface area contributed by atoms with Crippen molar-refractivity contribution in [2.45, 2.75) is 13.5 Å². The van der Waals surface area contributed by atoms with E-state index in [1.165, 1.54) is 0 Å². The van der Waals surface area contributed by atoms with Crippen LogP contribution in [0.5, 0.6) is 17.2 Å². The predicted molar refractivity (Wildman–Crippen MR) is 135 cm³/mol. The highest BCUT2D eigenvalue weighted by Gasteiger charge is 2.11. The molecule has 0 radical (unpaired) electrons. The topological polar surface area (TPSA) is 69.7 Å². The van der Waals surface area contributed by atoms with Gasteiger partial charge in [0.25, 0.3) is 5.91 Å². The molecule has 0 unspecified atom stereocenters. The van der Waals surface area contributed by atoms with Gasteiger partial charge in [0.1, 0.15) is 10.8 Å². The summed E-state index contributed by atoms with van der Waals surface area (Å²) in [5, 5.41) is 5.84. The zero-order chi connectivity index (χ0) is 23.9. The molecule has 3 aromatic carbocycles. The third kappa shape index (κ3) is 5.74. The molecule has 34 heavy (non-hydrogen) atoms. The first-order valence-corrected chi connectivity index (χ1v) is 11.7. The van der Waals surface area contributed by atoms with E-state index in [4.69, 9.17) is 19.2 Å². The lowest BCUT2D eigenvalue weighted by Crippen LogP contribution is -2.28. The minimum atomic E-state index is -0.162. The lowest BCUT2D eigenvalue weighted by Gasteiger charge is -2.08. The van der Waals surface area contributed by atoms with Gasteiger partial charge in [0.2, 0.25) is 0 Å². The molecular formula is C27H26N2O4S. The van der Waals surface area contributed by atoms with E-state index in [1.807, 2.05) is 79.0 Å². The van der Waals surface area contributed by atoms with Crippen LogP contribution in [-0.4, -0.2) is 31.7 Å². The van der Waals surface area contributed by atoms with Crippen molar-refractivity contribution in [1.82, 2.24) is 10.3 Å². The van der Waals surface area contributed by atoms with E-state index in [0.717, 1.165) is 33.0 Å². The average Bonchev–Trinajstić information content (AvgIpc) is 3.36. The molecule has 0 saturated carbocycles. The van der Waals surface area contributed by atoms with Gasteiger partial charge in [-0.15, -0.1) is 11.3 Å². The Morgan fingerprint density at radius 3 is 2.44 bits per heavy atom. The van der Waals surface area contributed by atoms with E-state index in [-0.39, 0.29) is 12.5 Å². The average molecular weight is 475 g/mol. The van der Waals surface area contributed by atoms with Crippen molar-refractivity contribution in [3.8, 4) is 39.1 Å². The number of carbonyl (C=O) groups is 1. The lowest BCUT2D eigenvalue weighted by molar-refractivity contribution is -0.123. The zero-order valence-electron chi connectivity index (χ0n) is 19.3. The summed E-state index contributed by atoms with van der Waals surface area (Å²) in [5.41, 5.74) is 4.96. The van der Waals surface area contributed by atoms with Gasteiger partial charge in [-0.2, -0.15) is 0 Å². The summed E-state index contributed by atoms with van der Waals surface area (Å²) in [4.78, 5) is 16.9. The molecule has 1 aromatic heterocycles. The van der Waals surface area contributed by atoms with Gasteiger partial charge in [0, 0.05) is 23.1 Å². The number of hydrogen-bond donors (Lipinski definition) is 1. The number of carbonyl (C=O) groups excluding carboxylic acids is 1. The molecule has 174 valence electrons. The van der Waals surface area contributed by atoms with Gasteiger partial charge < -0.3 is 19.5 Å². The number of hydrogen-bond acceptors (Lipinski definition) is 6. The van der Waals surface area contributed by atoms with Gasteiger partial charge in [0.15, 0.2) is 18.1 Å². The molecule has 4 rings (SSSR count). The van der Waals surface area contributed by atoms with Crippen LogP contribution in [0.25, 0.3) is 21.8 Å². The number of methoxy groups -OCH3 is 2. The van der Waals surface area contributed by atoms with Crippen LogP contribution in [0.15, 0.2) is 72.1 Å². The first-order chi connectivity index (χ1) is 16.6. The van der Waals surface area contributed by atoms with Gasteiger partial charge in [-0.3, -0.25) is 4.79 Å². The minimum Gasteiger partial charge on any atom is -0.493 e. The van der Waals surface area contributed by atoms with Crippen LogP contribution in [0.2, 0.25) is 0 Å². The standard InChI is InChI=1S/C27H26N2O4S/c1-18-5-4-6-22(13-18)33-16-26(30)28-15-19-7-9-20(10-8-19)27-29-23(17-34-27)21-11-12-24(31-2)25(14-21)32-3/h4-14,17H,15-16H2,1-3H3,(H,28,30). The number of thiazole rings is 1. The summed E-state index contributed by atoms with van der Waals surface area (Å²) >= 11 is 1.58. The fourth-order valence-electron chi connectivity index (χ4n) is 3.41. The molecule has 1 amide bonds. The summed E-state index contributed by atoms with van der Waals surface area (Å²) in [6, 6.07) is 21.4. The molecule has 0 spiro atoms. The van der Waals surface area contributed by atoms with Gasteiger partial charge >= 0.3 is 0 Å². The SMILES string of the molecule is COc1ccc(-c2csc(-c3ccc(CNC(=O)COc4cccc(C)c4)cc3)n2)cc1OC. The number of amides is 1. The second-order valence-electron chi connectivity index (χ2n) is 7.69. The monoisotopic (exact) mass is 474 g/mol. The Morgan fingerprint density at radius 2 is 1.71 bits per heavy atom. The predicted octanol–water partition coefficient (Wildman–Crippen LogP) is 5.50. The number of rotatable bonds is 9. The molecule has 0 aliphatic heterocycles. The zero-order valence-corrected chi connectivity index (χ0v) is 20.1. The summed E-state index contributed by atoms with van der Waals surface area (Å²) in [6.45, 7) is 2.41. The molecule has 7 heteroatoms. The van der Waals surface area contributed by atoms with E-state index >= 15 is 0 Å². The number of nitrogens with zero attached hydrogens (tertiary/aromatic N) is 1. The fourth-order valence-corrected chi connectivity index (χ4v) is 4.24. The lowest BCUT2D eigenvalue weighted by atomic mass is 10.1. The molecule has 0 fully saturated rings. The summed E-state index contributed by atoms with van der Waals surface area (Å²) in [6.07, 6.45) is 0. The Labute approximate surface area is 203 Å². The Bertz CT molecular complexity index is 1270. The smallest absolute Gasteiger partial charge is 0.258 e. The Hall–Kier alpha value is -3.84. The van der Waals surface area contributed by atoms with Crippen LogP contribution >= 0.6 is 11.3 Å². The van der Waals surface area contributed by atoms with Crippen molar-refractivity contribution in [3.63, 3.8) is 0 Å². The number of aryl methyl sites for hydroxylation is 1. The number of aromatic nitrogens is 1. The third-order valence-corrected chi connectivity index (χ3v) is 6.12. The third-order valence-electron chi connectivity index (χ3n) is 5.23. The van der Waals surface area contributed by atoms with Crippen molar-refractivity contribution < 1.29 is 19.0 Å². The number of benzene rings is 3. The molecule has 4 aromatic rings. The first kappa shape index (κ1) is 23.3. The van der Waals surface area contributed by atoms with E-state index in [2.05, 4.69) is 5.32 Å². The summed E-state index contributed by atoms with van der Waals surface area (Å²) in [7, 11) is 3.24. The summed E-state index contributed by atoms with van der Waals surface area (Å²) in [5.74, 6) is 1.89. The van der Waals surface area contributed by atoms with Crippen LogP contribution < -0.4 is 19.5 Å². The highest BCUT2D eigenvalue weighted by Crippen LogP contribution is 2.34. The molecule has 1 N–H and O–H groups in total. The maximum Gasteiger partial charge on any atom is 0.258 e. The van der Waals surface area contributed by atoms with E-state index in [0.29, 0.717) is 23.8 Å². The maximum atomic E-state index is 12.1. The summed E-state index contributed by atoms with van der Waals surface area (Å²) < 4.78 is 16.3. The first-order valence-electron chi connectivity index (χ1n) is 10.8. The van der Waals surface area contributed by atoms with Crippen molar-refractivity contribution in [1.29, 1.82) is 0 Å². The van der Waals surface area contributed by atoms with Gasteiger partial charge in [-0.25, -0.2) is 4.98 Å². The molecular weight excluding hydrogens is 448 g/mol. The normalized spacial score (nSPS) is 10.6. The van der Waals surface area contributed by atoms with Crippen LogP contribution in [0, 0.1) is 6.92 Å². The molecule has 0 atom stereocenters. The highest BCUT2D eigenvalue weighted by molar-refractivity contribution is 7.13. The molecule has 6 nitrogen and oxygen atoms in total. The number of nitrogens with one attached hydrogen (secondary N) is 1. The number of ether oxygens (including phenoxy) is 3. The highest BCUT2D eigenvalue weighted by atomic mass is 32.1. The molecule has 0 aliphatic carbocycles. The maximum absolute atomic E-state index is 12.1. The van der Waals surface area contributed by atoms with Gasteiger partial charge in [0.05, 0.1) is 19.9 Å². The van der Waals surface area contributed by atoms with E-state index in [9.17, 15) is 4.79 Å². The molecule has 1 heterocycles. The van der Waals surface area contributed by atoms with Crippen molar-refractivity contribution in [2.75, 3.05) is 20.8 Å². The van der Waals surface area contributed by atoms with Gasteiger partial charge in [-0.1, -0.05) is 36.4 Å². The second-order valence-corrected chi connectivity index (χ2v) is 8.54. The van der Waals surface area contributed by atoms with E-state index in [1.54, 1.807) is 25.6 Å². The van der Waals surface area contributed by atoms with Crippen molar-refractivity contribution in [3.05, 3.63) is 83.2 Å². The molecule has 0 saturated heterocycles. The Morgan fingerprint density at radius 1 is 0.941 bits per heavy atom. The van der Waals surface area contributed by atoms with Crippen molar-refractivity contribution in [2.24, 2.45) is 0 Å². The quantitative estimate of drug-likeness (QED) is 0.347. The van der Waals surface area contributed by atoms with Gasteiger partial charge in [-0.05, 0) is 48.4 Å². The Balaban J connectivity index is 1.34. The van der Waals surface area contributed by atoms with Crippen LogP contribution in [-0.2, 0) is 11.3 Å². The van der Waals surface area contributed by atoms with Crippen molar-refractivity contribution >= 4 is 17.2 Å². The van der Waals surface area contributed by atoms with Crippen LogP contribution in [0.3, 0.4) is 0 Å². The largest absolute Gasteiger partial charge is 0.493 e. The van der Waals surface area contributed by atoms with Crippen LogP contribution in [0.4, 0.5) is 0 Å². The molecule has 0 aliphatic rings. The van der Waals surface area contributed by atoms with Crippen LogP contribution in [0.1, 0.15) is 11.1 Å². The van der Waals surface area contributed by atoms with E-state index < -0.39 is 0 Å². The minimum absolute atomic E-state index is 0.0143. The molecule has 0 bridgehead atoms. The Kier molecular flexibility index (Phi) is 7.44.